The quantitative estimate of drug-likeness (QED) is 0.175. The average Bonchev–Trinajstić information content (AvgIpc) is 3.43. The molecule has 8 aromatic carbocycles. The molecule has 246 valence electrons. The maximum Gasteiger partial charge on any atom is 0.0973 e. The van der Waals surface area contributed by atoms with E-state index in [-0.39, 0.29) is 5.41 Å². The third-order valence-corrected chi connectivity index (χ3v) is 11.1. The Hall–Kier alpha value is -6.38. The molecule has 0 radical (unpaired) electrons. The molecule has 0 amide bonds. The Morgan fingerprint density at radius 1 is 0.385 bits per heavy atom. The topological polar surface area (TPSA) is 25.8 Å². The highest BCUT2D eigenvalue weighted by Gasteiger charge is 2.37. The minimum Gasteiger partial charge on any atom is -0.244 e. The molecule has 0 aliphatic heterocycles. The number of aryl methyl sites for hydroxylation is 1. The number of hydrogen-bond acceptors (Lipinski definition) is 2. The second-order valence-corrected chi connectivity index (χ2v) is 14.6. The first kappa shape index (κ1) is 30.4. The van der Waals surface area contributed by atoms with Gasteiger partial charge in [0, 0.05) is 16.5 Å². The molecule has 0 saturated heterocycles. The van der Waals surface area contributed by atoms with E-state index in [9.17, 15) is 0 Å². The van der Waals surface area contributed by atoms with Gasteiger partial charge in [0.25, 0.3) is 0 Å². The smallest absolute Gasteiger partial charge is 0.0973 e. The molecule has 1 aromatic heterocycles. The Balaban J connectivity index is 1.26. The zero-order valence-corrected chi connectivity index (χ0v) is 29.5. The summed E-state index contributed by atoms with van der Waals surface area (Å²) in [7, 11) is 0. The summed E-state index contributed by atoms with van der Waals surface area (Å²) in [5.74, 6) is 0. The highest BCUT2D eigenvalue weighted by atomic mass is 14.8. The van der Waals surface area contributed by atoms with E-state index in [1.54, 1.807) is 0 Å². The molecule has 0 atom stereocenters. The minimum absolute atomic E-state index is 0.0749. The fourth-order valence-electron chi connectivity index (χ4n) is 8.66. The number of aromatic nitrogens is 2. The normalized spacial score (nSPS) is 13.1. The van der Waals surface area contributed by atoms with E-state index in [1.807, 2.05) is 12.1 Å². The summed E-state index contributed by atoms with van der Waals surface area (Å²) in [4.78, 5) is 10.6. The standard InChI is InChI=1S/C50H36N2/c1-31-25-27-37-40(29-31)46(39-22-14-24-42-47(39)38-21-12-13-23-41(38)50(42,2)3)36-20-11-10-19-35(36)45(37)34-26-28-43-44(30-34)52-49(33-17-8-5-9-18-33)48(51-43)32-15-6-4-7-16-32/h4-30H,1-3H3. The van der Waals surface area contributed by atoms with Crippen molar-refractivity contribution >= 4 is 32.6 Å². The van der Waals surface area contributed by atoms with Gasteiger partial charge in [-0.3, -0.25) is 0 Å². The maximum absolute atomic E-state index is 5.36. The van der Waals surface area contributed by atoms with Crippen LogP contribution in [0.15, 0.2) is 164 Å². The van der Waals surface area contributed by atoms with Gasteiger partial charge in [-0.1, -0.05) is 171 Å². The summed E-state index contributed by atoms with van der Waals surface area (Å²) < 4.78 is 0. The number of hydrogen-bond donors (Lipinski definition) is 0. The molecule has 2 heteroatoms. The largest absolute Gasteiger partial charge is 0.244 e. The molecule has 0 spiro atoms. The fourth-order valence-corrected chi connectivity index (χ4v) is 8.66. The molecule has 1 aliphatic carbocycles. The molecule has 0 bridgehead atoms. The van der Waals surface area contributed by atoms with Crippen molar-refractivity contribution in [1.82, 2.24) is 9.97 Å². The van der Waals surface area contributed by atoms with Crippen LogP contribution in [0.1, 0.15) is 30.5 Å². The molecule has 52 heavy (non-hydrogen) atoms. The van der Waals surface area contributed by atoms with Gasteiger partial charge in [-0.15, -0.1) is 0 Å². The van der Waals surface area contributed by atoms with E-state index >= 15 is 0 Å². The lowest BCUT2D eigenvalue weighted by atomic mass is 9.80. The Morgan fingerprint density at radius 3 is 1.69 bits per heavy atom. The van der Waals surface area contributed by atoms with Gasteiger partial charge in [-0.05, 0) is 85.1 Å². The van der Waals surface area contributed by atoms with Gasteiger partial charge in [0.2, 0.25) is 0 Å². The van der Waals surface area contributed by atoms with Crippen LogP contribution < -0.4 is 0 Å². The summed E-state index contributed by atoms with van der Waals surface area (Å²) in [5.41, 5.74) is 17.2. The predicted octanol–water partition coefficient (Wildman–Crippen LogP) is 13.2. The van der Waals surface area contributed by atoms with Crippen LogP contribution in [0.25, 0.3) is 88.5 Å². The number of benzene rings is 8. The van der Waals surface area contributed by atoms with Gasteiger partial charge in [-0.2, -0.15) is 0 Å². The Bertz CT molecular complexity index is 2870. The Labute approximate surface area is 304 Å². The van der Waals surface area contributed by atoms with Crippen LogP contribution in [0.3, 0.4) is 0 Å². The van der Waals surface area contributed by atoms with Crippen LogP contribution >= 0.6 is 0 Å². The van der Waals surface area contributed by atoms with E-state index in [4.69, 9.17) is 9.97 Å². The lowest BCUT2D eigenvalue weighted by molar-refractivity contribution is 0.660. The van der Waals surface area contributed by atoms with Crippen molar-refractivity contribution in [2.45, 2.75) is 26.2 Å². The summed E-state index contributed by atoms with van der Waals surface area (Å²) in [5, 5.41) is 4.98. The van der Waals surface area contributed by atoms with E-state index in [0.29, 0.717) is 0 Å². The van der Waals surface area contributed by atoms with Crippen LogP contribution in [-0.2, 0) is 5.41 Å². The summed E-state index contributed by atoms with van der Waals surface area (Å²) in [6, 6.07) is 59.2. The molecular weight excluding hydrogens is 629 g/mol. The zero-order chi connectivity index (χ0) is 35.0. The van der Waals surface area contributed by atoms with Crippen LogP contribution in [0, 0.1) is 6.92 Å². The molecule has 1 heterocycles. The van der Waals surface area contributed by atoms with Crippen LogP contribution in [0.2, 0.25) is 0 Å². The van der Waals surface area contributed by atoms with Crippen molar-refractivity contribution < 1.29 is 0 Å². The van der Waals surface area contributed by atoms with Crippen molar-refractivity contribution in [3.63, 3.8) is 0 Å². The van der Waals surface area contributed by atoms with Gasteiger partial charge in [0.15, 0.2) is 0 Å². The first-order valence-electron chi connectivity index (χ1n) is 18.1. The number of rotatable bonds is 4. The van der Waals surface area contributed by atoms with Crippen molar-refractivity contribution in [2.24, 2.45) is 0 Å². The lowest BCUT2D eigenvalue weighted by Crippen LogP contribution is -2.14. The summed E-state index contributed by atoms with van der Waals surface area (Å²) in [6.07, 6.45) is 0. The highest BCUT2D eigenvalue weighted by Crippen LogP contribution is 2.54. The van der Waals surface area contributed by atoms with Crippen molar-refractivity contribution in [2.75, 3.05) is 0 Å². The van der Waals surface area contributed by atoms with Crippen LogP contribution in [0.4, 0.5) is 0 Å². The third kappa shape index (κ3) is 4.57. The minimum atomic E-state index is -0.0749. The molecule has 0 fully saturated rings. The molecule has 9 aromatic rings. The van der Waals surface area contributed by atoms with E-state index < -0.39 is 0 Å². The first-order valence-corrected chi connectivity index (χ1v) is 18.1. The zero-order valence-electron chi connectivity index (χ0n) is 29.5. The van der Waals surface area contributed by atoms with Crippen LogP contribution in [0.5, 0.6) is 0 Å². The second kappa shape index (κ2) is 11.6. The molecule has 10 rings (SSSR count). The predicted molar refractivity (Wildman–Crippen MR) is 219 cm³/mol. The SMILES string of the molecule is Cc1ccc2c(-c3ccc4nc(-c5ccccc5)c(-c5ccccc5)nc4c3)c3ccccc3c(-c3cccc4c3-c3ccccc3C4(C)C)c2c1. The van der Waals surface area contributed by atoms with Crippen LogP contribution in [-0.4, -0.2) is 9.97 Å². The molecule has 1 aliphatic rings. The second-order valence-electron chi connectivity index (χ2n) is 14.6. The van der Waals surface area contributed by atoms with Crippen molar-refractivity contribution in [3.8, 4) is 55.9 Å². The lowest BCUT2D eigenvalue weighted by Gasteiger charge is -2.23. The Morgan fingerprint density at radius 2 is 0.962 bits per heavy atom. The van der Waals surface area contributed by atoms with E-state index in [1.165, 1.54) is 66.1 Å². The number of fused-ring (bicyclic) bond motifs is 6. The van der Waals surface area contributed by atoms with E-state index in [0.717, 1.165) is 39.1 Å². The van der Waals surface area contributed by atoms with Gasteiger partial charge >= 0.3 is 0 Å². The van der Waals surface area contributed by atoms with Gasteiger partial charge in [-0.25, -0.2) is 9.97 Å². The van der Waals surface area contributed by atoms with Gasteiger partial charge < -0.3 is 0 Å². The number of nitrogens with zero attached hydrogens (tertiary/aromatic N) is 2. The maximum atomic E-state index is 5.36. The monoisotopic (exact) mass is 664 g/mol. The molecule has 0 unspecified atom stereocenters. The fraction of sp³-hybridized carbons (Fsp3) is 0.0800. The van der Waals surface area contributed by atoms with Crippen molar-refractivity contribution in [1.29, 1.82) is 0 Å². The summed E-state index contributed by atoms with van der Waals surface area (Å²) in [6.45, 7) is 6.92. The highest BCUT2D eigenvalue weighted by molar-refractivity contribution is 6.23. The van der Waals surface area contributed by atoms with Crippen molar-refractivity contribution in [3.05, 3.63) is 180 Å². The molecule has 0 saturated carbocycles. The molecule has 0 N–H and O–H groups in total. The molecular formula is C50H36N2. The van der Waals surface area contributed by atoms with Gasteiger partial charge in [0.1, 0.15) is 0 Å². The first-order chi connectivity index (χ1) is 25.5. The molecule has 2 nitrogen and oxygen atoms in total. The van der Waals surface area contributed by atoms with Gasteiger partial charge in [0.05, 0.1) is 22.4 Å². The third-order valence-electron chi connectivity index (χ3n) is 11.1. The summed E-state index contributed by atoms with van der Waals surface area (Å²) >= 11 is 0. The average molecular weight is 665 g/mol. The van der Waals surface area contributed by atoms with E-state index in [2.05, 4.69) is 172 Å². The Kier molecular flexibility index (Phi) is 6.78.